The van der Waals surface area contributed by atoms with Crippen LogP contribution in [0.15, 0.2) is 29.3 Å². The lowest BCUT2D eigenvalue weighted by molar-refractivity contribution is 0.186. The highest BCUT2D eigenvalue weighted by Gasteiger charge is 2.01. The van der Waals surface area contributed by atoms with Gasteiger partial charge in [-0.2, -0.15) is 0 Å². The molecule has 0 spiro atoms. The van der Waals surface area contributed by atoms with Gasteiger partial charge < -0.3 is 15.2 Å². The number of methoxy groups -OCH3 is 1. The van der Waals surface area contributed by atoms with Crippen LogP contribution in [0.2, 0.25) is 0 Å². The van der Waals surface area contributed by atoms with Gasteiger partial charge in [-0.25, -0.2) is 4.39 Å². The van der Waals surface area contributed by atoms with Crippen molar-refractivity contribution >= 4 is 16.9 Å². The maximum Gasteiger partial charge on any atom is 0.154 e. The molecule has 1 rings (SSSR count). The van der Waals surface area contributed by atoms with E-state index in [1.165, 1.54) is 23.9 Å². The molecule has 106 valence electrons. The van der Waals surface area contributed by atoms with Crippen molar-refractivity contribution in [3.8, 4) is 5.75 Å². The van der Waals surface area contributed by atoms with Gasteiger partial charge in [0, 0.05) is 12.9 Å². The van der Waals surface area contributed by atoms with Crippen LogP contribution in [-0.2, 0) is 4.74 Å². The Morgan fingerprint density at radius 1 is 1.42 bits per heavy atom. The third-order valence-corrected chi connectivity index (χ3v) is 2.94. The van der Waals surface area contributed by atoms with Gasteiger partial charge >= 0.3 is 0 Å². The van der Waals surface area contributed by atoms with Crippen LogP contribution >= 0.6 is 11.8 Å². The summed E-state index contributed by atoms with van der Waals surface area (Å²) < 4.78 is 23.1. The summed E-state index contributed by atoms with van der Waals surface area (Å²) in [5.41, 5.74) is 5.76. The number of nitrogens with two attached hydrogens (primary N) is 1. The van der Waals surface area contributed by atoms with Gasteiger partial charge in [-0.05, 0) is 31.2 Å². The lowest BCUT2D eigenvalue weighted by Crippen LogP contribution is -2.16. The van der Waals surface area contributed by atoms with Gasteiger partial charge in [0.2, 0.25) is 0 Å². The maximum atomic E-state index is 12.7. The summed E-state index contributed by atoms with van der Waals surface area (Å²) in [5.74, 6) is 1.06. The topological polar surface area (TPSA) is 56.8 Å². The second-order valence-corrected chi connectivity index (χ2v) is 5.04. The number of amidine groups is 1. The SMILES string of the molecule is COC[C@@H](C)N=C(N)SCCOc1ccc(F)cc1. The van der Waals surface area contributed by atoms with E-state index < -0.39 is 0 Å². The first kappa shape index (κ1) is 15.8. The van der Waals surface area contributed by atoms with Crippen LogP contribution in [0.3, 0.4) is 0 Å². The number of hydrogen-bond acceptors (Lipinski definition) is 4. The Bertz CT molecular complexity index is 398. The predicted molar refractivity (Wildman–Crippen MR) is 77.3 cm³/mol. The maximum absolute atomic E-state index is 12.7. The summed E-state index contributed by atoms with van der Waals surface area (Å²) in [7, 11) is 1.63. The minimum Gasteiger partial charge on any atom is -0.493 e. The Morgan fingerprint density at radius 3 is 2.74 bits per heavy atom. The highest BCUT2D eigenvalue weighted by molar-refractivity contribution is 8.13. The number of ether oxygens (including phenoxy) is 2. The molecule has 0 aliphatic carbocycles. The van der Waals surface area contributed by atoms with E-state index in [0.29, 0.717) is 29.9 Å². The zero-order valence-corrected chi connectivity index (χ0v) is 12.0. The van der Waals surface area contributed by atoms with Gasteiger partial charge in [0.1, 0.15) is 11.6 Å². The molecule has 0 saturated heterocycles. The molecule has 1 atom stereocenters. The number of rotatable bonds is 7. The van der Waals surface area contributed by atoms with Crippen LogP contribution in [0.4, 0.5) is 4.39 Å². The van der Waals surface area contributed by atoms with Gasteiger partial charge in [0.05, 0.1) is 19.3 Å². The molecule has 6 heteroatoms. The molecule has 0 heterocycles. The first-order valence-electron chi connectivity index (χ1n) is 5.95. The van der Waals surface area contributed by atoms with Crippen molar-refractivity contribution in [3.05, 3.63) is 30.1 Å². The van der Waals surface area contributed by atoms with E-state index in [2.05, 4.69) is 4.99 Å². The van der Waals surface area contributed by atoms with E-state index in [1.54, 1.807) is 19.2 Å². The zero-order valence-electron chi connectivity index (χ0n) is 11.1. The highest BCUT2D eigenvalue weighted by atomic mass is 32.2. The zero-order chi connectivity index (χ0) is 14.1. The van der Waals surface area contributed by atoms with Crippen LogP contribution in [-0.4, -0.2) is 37.3 Å². The minimum atomic E-state index is -0.273. The smallest absolute Gasteiger partial charge is 0.154 e. The molecule has 4 nitrogen and oxygen atoms in total. The number of thioether (sulfide) groups is 1. The summed E-state index contributed by atoms with van der Waals surface area (Å²) in [6, 6.07) is 5.97. The molecule has 0 aliphatic heterocycles. The number of aliphatic imine (C=N–C) groups is 1. The van der Waals surface area contributed by atoms with Crippen LogP contribution in [0.5, 0.6) is 5.75 Å². The van der Waals surface area contributed by atoms with Crippen LogP contribution in [0.1, 0.15) is 6.92 Å². The van der Waals surface area contributed by atoms with Gasteiger partial charge in [0.15, 0.2) is 5.17 Å². The average molecular weight is 286 g/mol. The Hall–Kier alpha value is -1.27. The summed E-state index contributed by atoms with van der Waals surface area (Å²) in [5, 5.41) is 0.521. The first-order chi connectivity index (χ1) is 9.11. The quantitative estimate of drug-likeness (QED) is 0.475. The molecule has 0 unspecified atom stereocenters. The predicted octanol–water partition coefficient (Wildman–Crippen LogP) is 2.29. The number of benzene rings is 1. The lowest BCUT2D eigenvalue weighted by atomic mass is 10.3. The largest absolute Gasteiger partial charge is 0.493 e. The molecule has 0 amide bonds. The van der Waals surface area contributed by atoms with Crippen LogP contribution in [0, 0.1) is 5.82 Å². The van der Waals surface area contributed by atoms with Gasteiger partial charge in [-0.3, -0.25) is 4.99 Å². The normalized spacial score (nSPS) is 13.3. The van der Waals surface area contributed by atoms with E-state index in [4.69, 9.17) is 15.2 Å². The Kier molecular flexibility index (Phi) is 7.28. The molecule has 1 aromatic carbocycles. The molecule has 2 N–H and O–H groups in total. The molecule has 0 aromatic heterocycles. The molecule has 0 bridgehead atoms. The fourth-order valence-corrected chi connectivity index (χ4v) is 2.00. The number of nitrogens with zero attached hydrogens (tertiary/aromatic N) is 1. The van der Waals surface area contributed by atoms with E-state index in [-0.39, 0.29) is 11.9 Å². The molecular formula is C13H19FN2O2S. The third-order valence-electron chi connectivity index (χ3n) is 2.17. The van der Waals surface area contributed by atoms with Crippen molar-refractivity contribution in [3.63, 3.8) is 0 Å². The van der Waals surface area contributed by atoms with Gasteiger partial charge in [-0.1, -0.05) is 11.8 Å². The molecule has 1 aromatic rings. The van der Waals surface area contributed by atoms with Crippen molar-refractivity contribution in [2.45, 2.75) is 13.0 Å². The van der Waals surface area contributed by atoms with Crippen molar-refractivity contribution in [1.82, 2.24) is 0 Å². The Labute approximate surface area is 117 Å². The average Bonchev–Trinajstić information content (AvgIpc) is 2.37. The summed E-state index contributed by atoms with van der Waals surface area (Å²) >= 11 is 1.43. The molecular weight excluding hydrogens is 267 g/mol. The van der Waals surface area contributed by atoms with Gasteiger partial charge in [-0.15, -0.1) is 0 Å². The molecule has 0 fully saturated rings. The Balaban J connectivity index is 2.21. The fraction of sp³-hybridized carbons (Fsp3) is 0.462. The minimum absolute atomic E-state index is 0.0514. The van der Waals surface area contributed by atoms with Crippen molar-refractivity contribution in [2.24, 2.45) is 10.7 Å². The molecule has 19 heavy (non-hydrogen) atoms. The van der Waals surface area contributed by atoms with Crippen molar-refractivity contribution in [1.29, 1.82) is 0 Å². The molecule has 0 aliphatic rings. The van der Waals surface area contributed by atoms with Crippen molar-refractivity contribution in [2.75, 3.05) is 26.1 Å². The van der Waals surface area contributed by atoms with E-state index in [1.807, 2.05) is 6.92 Å². The fourth-order valence-electron chi connectivity index (χ4n) is 1.37. The summed E-state index contributed by atoms with van der Waals surface area (Å²) in [6.07, 6.45) is 0. The van der Waals surface area contributed by atoms with E-state index >= 15 is 0 Å². The first-order valence-corrected chi connectivity index (χ1v) is 6.93. The standard InChI is InChI=1S/C13H19FN2O2S/c1-10(9-17-2)16-13(15)19-8-7-18-12-5-3-11(14)4-6-12/h3-6,10H,7-9H2,1-2H3,(H2,15,16)/t10-/m1/s1. The lowest BCUT2D eigenvalue weighted by Gasteiger charge is -2.08. The van der Waals surface area contributed by atoms with E-state index in [9.17, 15) is 4.39 Å². The summed E-state index contributed by atoms with van der Waals surface area (Å²) in [4.78, 5) is 4.25. The second kappa shape index (κ2) is 8.77. The van der Waals surface area contributed by atoms with Crippen molar-refractivity contribution < 1.29 is 13.9 Å². The van der Waals surface area contributed by atoms with Crippen LogP contribution < -0.4 is 10.5 Å². The molecule has 0 radical (unpaired) electrons. The Morgan fingerprint density at radius 2 is 2.11 bits per heavy atom. The van der Waals surface area contributed by atoms with Gasteiger partial charge in [0.25, 0.3) is 0 Å². The van der Waals surface area contributed by atoms with Crippen LogP contribution in [0.25, 0.3) is 0 Å². The van der Waals surface area contributed by atoms with E-state index in [0.717, 1.165) is 0 Å². The summed E-state index contributed by atoms with van der Waals surface area (Å²) in [6.45, 7) is 2.98. The molecule has 0 saturated carbocycles. The highest BCUT2D eigenvalue weighted by Crippen LogP contribution is 2.11. The second-order valence-electron chi connectivity index (χ2n) is 3.92. The third kappa shape index (κ3) is 7.03. The number of hydrogen-bond donors (Lipinski definition) is 1. The monoisotopic (exact) mass is 286 g/mol. The number of halogens is 1.